The number of aryl methyl sites for hydroxylation is 1. The van der Waals surface area contributed by atoms with Gasteiger partial charge in [0.15, 0.2) is 0 Å². The summed E-state index contributed by atoms with van der Waals surface area (Å²) in [7, 11) is 3.19. The quantitative estimate of drug-likeness (QED) is 0.559. The summed E-state index contributed by atoms with van der Waals surface area (Å²) >= 11 is 0. The van der Waals surface area contributed by atoms with Gasteiger partial charge in [0.1, 0.15) is 19.2 Å². The maximum absolute atomic E-state index is 5.81. The molecule has 136 valence electrons. The fourth-order valence-electron chi connectivity index (χ4n) is 2.07. The molecule has 0 amide bonds. The Morgan fingerprint density at radius 2 is 1.56 bits per heavy atom. The van der Waals surface area contributed by atoms with E-state index in [1.165, 1.54) is 0 Å². The second kappa shape index (κ2) is 9.61. The number of ether oxygens (including phenoxy) is 4. The molecule has 0 aromatic heterocycles. The lowest BCUT2D eigenvalue weighted by Crippen LogP contribution is -2.24. The average molecular weight is 344 g/mol. The highest BCUT2D eigenvalue weighted by Crippen LogP contribution is 2.28. The Bertz CT molecular complexity index is 681. The van der Waals surface area contributed by atoms with Crippen molar-refractivity contribution in [2.45, 2.75) is 45.8 Å². The number of benzene rings is 1. The first-order chi connectivity index (χ1) is 11.7. The van der Waals surface area contributed by atoms with E-state index < -0.39 is 11.2 Å². The molecule has 0 aliphatic carbocycles. The van der Waals surface area contributed by atoms with Crippen molar-refractivity contribution >= 4 is 0 Å². The minimum atomic E-state index is -0.609. The topological polar surface area (TPSA) is 36.9 Å². The van der Waals surface area contributed by atoms with Gasteiger partial charge in [-0.05, 0) is 58.1 Å². The summed E-state index contributed by atoms with van der Waals surface area (Å²) < 4.78 is 21.2. The molecule has 0 fully saturated rings. The van der Waals surface area contributed by atoms with Gasteiger partial charge in [0.05, 0.1) is 5.60 Å². The first kappa shape index (κ1) is 21.2. The second-order valence-corrected chi connectivity index (χ2v) is 6.67. The molecular formula is C21H28O4. The zero-order chi connectivity index (χ0) is 18.9. The first-order valence-electron chi connectivity index (χ1n) is 8.12. The van der Waals surface area contributed by atoms with E-state index in [9.17, 15) is 0 Å². The van der Waals surface area contributed by atoms with Crippen LogP contribution in [0.15, 0.2) is 18.2 Å². The number of methoxy groups -OCH3 is 2. The van der Waals surface area contributed by atoms with E-state index in [2.05, 4.69) is 29.7 Å². The zero-order valence-electron chi connectivity index (χ0n) is 16.3. The highest BCUT2D eigenvalue weighted by Gasteiger charge is 2.24. The molecule has 1 aromatic rings. The summed E-state index contributed by atoms with van der Waals surface area (Å²) in [6.45, 7) is 10.2. The third kappa shape index (κ3) is 7.30. The Morgan fingerprint density at radius 3 is 2.20 bits per heavy atom. The minimum Gasteiger partial charge on any atom is -0.359 e. The Morgan fingerprint density at radius 1 is 0.920 bits per heavy atom. The van der Waals surface area contributed by atoms with Crippen molar-refractivity contribution in [3.8, 4) is 23.7 Å². The van der Waals surface area contributed by atoms with Gasteiger partial charge in [0.2, 0.25) is 0 Å². The van der Waals surface area contributed by atoms with Crippen LogP contribution in [-0.2, 0) is 24.5 Å². The summed E-state index contributed by atoms with van der Waals surface area (Å²) in [4.78, 5) is 0. The summed E-state index contributed by atoms with van der Waals surface area (Å²) in [5.41, 5.74) is 1.92. The molecule has 4 nitrogen and oxygen atoms in total. The van der Waals surface area contributed by atoms with Crippen molar-refractivity contribution in [2.24, 2.45) is 0 Å². The second-order valence-electron chi connectivity index (χ2n) is 6.67. The molecule has 0 unspecified atom stereocenters. The molecule has 0 aliphatic rings. The molecule has 0 aliphatic heterocycles. The molecule has 1 rings (SSSR count). The van der Waals surface area contributed by atoms with E-state index in [4.69, 9.17) is 18.9 Å². The Hall–Kier alpha value is -1.82. The molecule has 0 spiro atoms. The number of hydrogen-bond donors (Lipinski definition) is 0. The first-order valence-corrected chi connectivity index (χ1v) is 8.12. The third-order valence-corrected chi connectivity index (χ3v) is 3.52. The van der Waals surface area contributed by atoms with Gasteiger partial charge in [-0.2, -0.15) is 0 Å². The molecular weight excluding hydrogens is 316 g/mol. The van der Waals surface area contributed by atoms with Crippen LogP contribution in [0.1, 0.15) is 44.4 Å². The summed E-state index contributed by atoms with van der Waals surface area (Å²) in [6, 6.07) is 6.10. The maximum Gasteiger partial charge on any atom is 0.148 e. The van der Waals surface area contributed by atoms with Crippen LogP contribution in [0.3, 0.4) is 0 Å². The lowest BCUT2D eigenvalue weighted by Gasteiger charge is -2.27. The van der Waals surface area contributed by atoms with Gasteiger partial charge in [-0.25, -0.2) is 0 Å². The average Bonchev–Trinajstić information content (AvgIpc) is 2.56. The molecule has 25 heavy (non-hydrogen) atoms. The Balaban J connectivity index is 3.06. The normalized spacial score (nSPS) is 11.3. The van der Waals surface area contributed by atoms with Crippen molar-refractivity contribution in [3.05, 3.63) is 34.9 Å². The van der Waals surface area contributed by atoms with Crippen LogP contribution < -0.4 is 0 Å². The third-order valence-electron chi connectivity index (χ3n) is 3.52. The smallest absolute Gasteiger partial charge is 0.148 e. The zero-order valence-corrected chi connectivity index (χ0v) is 16.3. The molecule has 0 saturated carbocycles. The van der Waals surface area contributed by atoms with E-state index in [1.54, 1.807) is 14.2 Å². The van der Waals surface area contributed by atoms with Gasteiger partial charge in [-0.1, -0.05) is 29.5 Å². The van der Waals surface area contributed by atoms with Crippen LogP contribution in [0.25, 0.3) is 0 Å². The summed E-state index contributed by atoms with van der Waals surface area (Å²) in [5, 5.41) is 0. The molecule has 0 radical (unpaired) electrons. The van der Waals surface area contributed by atoms with E-state index in [-0.39, 0.29) is 13.6 Å². The lowest BCUT2D eigenvalue weighted by atomic mass is 9.91. The largest absolute Gasteiger partial charge is 0.359 e. The summed E-state index contributed by atoms with van der Waals surface area (Å²) in [5.74, 6) is 11.9. The van der Waals surface area contributed by atoms with Gasteiger partial charge < -0.3 is 18.9 Å². The van der Waals surface area contributed by atoms with Gasteiger partial charge in [-0.3, -0.25) is 0 Å². The van der Waals surface area contributed by atoms with E-state index in [0.29, 0.717) is 0 Å². The number of hydrogen-bond acceptors (Lipinski definition) is 4. The minimum absolute atomic E-state index is 0.197. The molecule has 0 N–H and O–H groups in total. The highest BCUT2D eigenvalue weighted by atomic mass is 16.7. The van der Waals surface area contributed by atoms with Crippen molar-refractivity contribution in [2.75, 3.05) is 27.8 Å². The Kier molecular flexibility index (Phi) is 8.16. The predicted molar refractivity (Wildman–Crippen MR) is 98.9 cm³/mol. The monoisotopic (exact) mass is 344 g/mol. The van der Waals surface area contributed by atoms with Crippen LogP contribution >= 0.6 is 0 Å². The van der Waals surface area contributed by atoms with Crippen LogP contribution in [0, 0.1) is 30.6 Å². The fraction of sp³-hybridized carbons (Fsp3) is 0.524. The standard InChI is InChI=1S/C21H28O4/c1-17-11-12-18(19(14-17)21(4,5)25-16-23-7)10-8-9-13-20(2,3)24-15-22-6/h11-12,14H,15-16H2,1-7H3. The molecule has 0 atom stereocenters. The predicted octanol–water partition coefficient (Wildman–Crippen LogP) is 3.60. The summed E-state index contributed by atoms with van der Waals surface area (Å²) in [6.07, 6.45) is 0. The molecule has 0 saturated heterocycles. The van der Waals surface area contributed by atoms with Crippen LogP contribution in [-0.4, -0.2) is 33.4 Å². The van der Waals surface area contributed by atoms with E-state index in [0.717, 1.165) is 16.7 Å². The van der Waals surface area contributed by atoms with Crippen molar-refractivity contribution in [1.82, 2.24) is 0 Å². The van der Waals surface area contributed by atoms with E-state index in [1.807, 2.05) is 46.8 Å². The lowest BCUT2D eigenvalue weighted by molar-refractivity contribution is -0.118. The van der Waals surface area contributed by atoms with Crippen LogP contribution in [0.5, 0.6) is 0 Å². The van der Waals surface area contributed by atoms with Crippen LogP contribution in [0.2, 0.25) is 0 Å². The van der Waals surface area contributed by atoms with Gasteiger partial charge in [-0.15, -0.1) is 0 Å². The van der Waals surface area contributed by atoms with E-state index >= 15 is 0 Å². The van der Waals surface area contributed by atoms with Crippen molar-refractivity contribution < 1.29 is 18.9 Å². The van der Waals surface area contributed by atoms with Crippen molar-refractivity contribution in [3.63, 3.8) is 0 Å². The van der Waals surface area contributed by atoms with Gasteiger partial charge >= 0.3 is 0 Å². The molecule has 0 bridgehead atoms. The molecule has 0 heterocycles. The fourth-order valence-corrected chi connectivity index (χ4v) is 2.07. The SMILES string of the molecule is COCOC(C)(C)C#CC#Cc1ccc(C)cc1C(C)(C)OCOC. The molecule has 4 heteroatoms. The number of rotatable bonds is 7. The maximum atomic E-state index is 5.81. The Labute approximate surface area is 151 Å². The highest BCUT2D eigenvalue weighted by molar-refractivity contribution is 5.48. The van der Waals surface area contributed by atoms with Gasteiger partial charge in [0.25, 0.3) is 0 Å². The van der Waals surface area contributed by atoms with Gasteiger partial charge in [0, 0.05) is 19.8 Å². The molecule has 1 aromatic carbocycles. The van der Waals surface area contributed by atoms with Crippen LogP contribution in [0.4, 0.5) is 0 Å². The van der Waals surface area contributed by atoms with Crippen molar-refractivity contribution in [1.29, 1.82) is 0 Å².